The maximum absolute atomic E-state index is 14.1. The Bertz CT molecular complexity index is 1260. The fourth-order valence-corrected chi connectivity index (χ4v) is 3.47. The molecule has 1 heterocycles. The summed E-state index contributed by atoms with van der Waals surface area (Å²) in [6.45, 7) is -0.789. The van der Waals surface area contributed by atoms with E-state index in [0.29, 0.717) is 17.4 Å². The molecule has 0 bridgehead atoms. The first-order chi connectivity index (χ1) is 15.8. The number of hydrogen-bond acceptors (Lipinski definition) is 6. The number of halogens is 3. The standard InChI is InChI=1S/C24H17F3N2O4/c25-14-7-13(8-15(26)10-14)23(33)21(24-28-18-3-1-2-4-19(18)29-24)22(32)12-5-6-17(27)16(9-12)20(31)11-30/h1-10,20,28-31H,11H2. The highest BCUT2D eigenvalue weighted by Gasteiger charge is 2.30. The van der Waals surface area contributed by atoms with Gasteiger partial charge in [-0.25, -0.2) is 13.2 Å². The van der Waals surface area contributed by atoms with Gasteiger partial charge >= 0.3 is 0 Å². The van der Waals surface area contributed by atoms with Crippen molar-refractivity contribution in [3.05, 3.63) is 106 Å². The lowest BCUT2D eigenvalue weighted by Gasteiger charge is -2.14. The number of fused-ring (bicyclic) bond motifs is 1. The molecule has 0 amide bonds. The molecule has 1 aliphatic rings. The molecule has 6 nitrogen and oxygen atoms in total. The molecule has 0 saturated heterocycles. The maximum atomic E-state index is 14.1. The molecule has 3 aromatic carbocycles. The van der Waals surface area contributed by atoms with E-state index in [-0.39, 0.29) is 16.9 Å². The van der Waals surface area contributed by atoms with Gasteiger partial charge in [-0.15, -0.1) is 0 Å². The fraction of sp³-hybridized carbons (Fsp3) is 0.0833. The second-order valence-corrected chi connectivity index (χ2v) is 7.30. The van der Waals surface area contributed by atoms with Crippen LogP contribution in [0.4, 0.5) is 24.5 Å². The molecule has 4 N–H and O–H groups in total. The quantitative estimate of drug-likeness (QED) is 0.195. The molecule has 1 aliphatic heterocycles. The first-order valence-corrected chi connectivity index (χ1v) is 9.79. The van der Waals surface area contributed by atoms with E-state index < -0.39 is 52.9 Å². The lowest BCUT2D eigenvalue weighted by atomic mass is 9.93. The minimum absolute atomic E-state index is 0.0237. The highest BCUT2D eigenvalue weighted by molar-refractivity contribution is 6.32. The van der Waals surface area contributed by atoms with Crippen LogP contribution in [-0.4, -0.2) is 28.4 Å². The predicted octanol–water partition coefficient (Wildman–Crippen LogP) is 3.94. The van der Waals surface area contributed by atoms with E-state index >= 15 is 0 Å². The van der Waals surface area contributed by atoms with Gasteiger partial charge in [0.15, 0.2) is 0 Å². The van der Waals surface area contributed by atoms with Crippen molar-refractivity contribution in [2.75, 3.05) is 17.2 Å². The number of anilines is 2. The van der Waals surface area contributed by atoms with E-state index in [4.69, 9.17) is 5.11 Å². The van der Waals surface area contributed by atoms with Crippen LogP contribution in [0.2, 0.25) is 0 Å². The summed E-state index contributed by atoms with van der Waals surface area (Å²) in [6, 6.07) is 12.1. The molecule has 1 atom stereocenters. The highest BCUT2D eigenvalue weighted by Crippen LogP contribution is 2.33. The van der Waals surface area contributed by atoms with Gasteiger partial charge in [0.2, 0.25) is 11.6 Å². The van der Waals surface area contributed by atoms with Gasteiger partial charge in [-0.2, -0.15) is 0 Å². The topological polar surface area (TPSA) is 98.7 Å². The van der Waals surface area contributed by atoms with E-state index in [1.54, 1.807) is 24.3 Å². The number of ketones is 2. The number of aliphatic hydroxyl groups excluding tert-OH is 2. The summed E-state index contributed by atoms with van der Waals surface area (Å²) < 4.78 is 41.6. The molecule has 0 aliphatic carbocycles. The van der Waals surface area contributed by atoms with Crippen LogP contribution < -0.4 is 10.6 Å². The molecule has 168 valence electrons. The Balaban J connectivity index is 1.84. The highest BCUT2D eigenvalue weighted by atomic mass is 19.1. The monoisotopic (exact) mass is 454 g/mol. The van der Waals surface area contributed by atoms with Gasteiger partial charge < -0.3 is 20.8 Å². The SMILES string of the molecule is O=C(C(C(=O)c1ccc(F)c(C(O)CO)c1)=C1Nc2ccccc2N1)c1cc(F)cc(F)c1. The fourth-order valence-electron chi connectivity index (χ4n) is 3.47. The Morgan fingerprint density at radius 3 is 1.97 bits per heavy atom. The molecule has 33 heavy (non-hydrogen) atoms. The molecule has 9 heteroatoms. The van der Waals surface area contributed by atoms with Gasteiger partial charge in [0.05, 0.1) is 18.0 Å². The van der Waals surface area contributed by atoms with Crippen molar-refractivity contribution < 1.29 is 33.0 Å². The second-order valence-electron chi connectivity index (χ2n) is 7.30. The number of nitrogens with one attached hydrogen (secondary N) is 2. The van der Waals surface area contributed by atoms with Gasteiger partial charge in [-0.05, 0) is 42.5 Å². The molecule has 3 aromatic rings. The Morgan fingerprint density at radius 1 is 0.818 bits per heavy atom. The average molecular weight is 454 g/mol. The molecule has 0 radical (unpaired) electrons. The number of aliphatic hydroxyl groups is 2. The summed E-state index contributed by atoms with van der Waals surface area (Å²) in [7, 11) is 0. The van der Waals surface area contributed by atoms with Crippen molar-refractivity contribution in [1.82, 2.24) is 0 Å². The Kier molecular flexibility index (Phi) is 5.99. The molecule has 0 saturated carbocycles. The van der Waals surface area contributed by atoms with Crippen molar-refractivity contribution in [2.24, 2.45) is 0 Å². The van der Waals surface area contributed by atoms with Crippen LogP contribution in [0.15, 0.2) is 72.1 Å². The number of allylic oxidation sites excluding steroid dienone is 1. The van der Waals surface area contributed by atoms with Crippen molar-refractivity contribution in [3.8, 4) is 0 Å². The van der Waals surface area contributed by atoms with Crippen LogP contribution in [0.25, 0.3) is 0 Å². The summed E-state index contributed by atoms with van der Waals surface area (Å²) in [5, 5.41) is 24.8. The molecular formula is C24H17F3N2O4. The van der Waals surface area contributed by atoms with Crippen LogP contribution in [0.1, 0.15) is 32.4 Å². The van der Waals surface area contributed by atoms with Crippen molar-refractivity contribution >= 4 is 22.9 Å². The van der Waals surface area contributed by atoms with E-state index in [9.17, 15) is 27.9 Å². The third-order valence-corrected chi connectivity index (χ3v) is 5.07. The Hall–Kier alpha value is -3.95. The number of benzene rings is 3. The predicted molar refractivity (Wildman–Crippen MR) is 114 cm³/mol. The van der Waals surface area contributed by atoms with Gasteiger partial charge in [-0.3, -0.25) is 9.59 Å². The average Bonchev–Trinajstić information content (AvgIpc) is 3.21. The van der Waals surface area contributed by atoms with Gasteiger partial charge in [-0.1, -0.05) is 12.1 Å². The number of carbonyl (C=O) groups is 2. The minimum atomic E-state index is -1.59. The van der Waals surface area contributed by atoms with E-state index in [2.05, 4.69) is 10.6 Å². The molecule has 0 spiro atoms. The lowest BCUT2D eigenvalue weighted by molar-refractivity contribution is 0.0921. The van der Waals surface area contributed by atoms with Crippen LogP contribution >= 0.6 is 0 Å². The first kappa shape index (κ1) is 22.3. The number of carbonyl (C=O) groups excluding carboxylic acids is 2. The summed E-state index contributed by atoms with van der Waals surface area (Å²) >= 11 is 0. The molecular weight excluding hydrogens is 437 g/mol. The normalized spacial score (nSPS) is 13.1. The minimum Gasteiger partial charge on any atom is -0.393 e. The van der Waals surface area contributed by atoms with Crippen molar-refractivity contribution in [1.29, 1.82) is 0 Å². The summed E-state index contributed by atoms with van der Waals surface area (Å²) in [5.41, 5.74) is -0.273. The molecule has 0 fully saturated rings. The van der Waals surface area contributed by atoms with E-state index in [0.717, 1.165) is 30.3 Å². The number of para-hydroxylation sites is 2. The number of rotatable bonds is 6. The Labute approximate surface area is 186 Å². The van der Waals surface area contributed by atoms with E-state index in [1.807, 2.05) is 0 Å². The third kappa shape index (κ3) is 4.36. The lowest BCUT2D eigenvalue weighted by Crippen LogP contribution is -2.21. The zero-order valence-corrected chi connectivity index (χ0v) is 16.9. The zero-order valence-electron chi connectivity index (χ0n) is 16.9. The smallest absolute Gasteiger partial charge is 0.200 e. The van der Waals surface area contributed by atoms with Gasteiger partial charge in [0.25, 0.3) is 0 Å². The first-order valence-electron chi connectivity index (χ1n) is 9.79. The van der Waals surface area contributed by atoms with Crippen LogP contribution in [-0.2, 0) is 0 Å². The van der Waals surface area contributed by atoms with Crippen molar-refractivity contribution in [2.45, 2.75) is 6.10 Å². The summed E-state index contributed by atoms with van der Waals surface area (Å²) in [5.74, 6) is -4.75. The second kappa shape index (κ2) is 8.89. The maximum Gasteiger partial charge on any atom is 0.200 e. The molecule has 0 aromatic heterocycles. The molecule has 1 unspecified atom stereocenters. The van der Waals surface area contributed by atoms with Gasteiger partial charge in [0.1, 0.15) is 34.9 Å². The number of hydrogen-bond donors (Lipinski definition) is 4. The van der Waals surface area contributed by atoms with Crippen LogP contribution in [0.3, 0.4) is 0 Å². The van der Waals surface area contributed by atoms with Crippen LogP contribution in [0, 0.1) is 17.5 Å². The summed E-state index contributed by atoms with van der Waals surface area (Å²) in [6.07, 6.45) is -1.59. The number of Topliss-reactive ketones (excluding diaryl/α,β-unsaturated/α-hetero) is 2. The molecule has 4 rings (SSSR count). The van der Waals surface area contributed by atoms with Crippen LogP contribution in [0.5, 0.6) is 0 Å². The third-order valence-electron chi connectivity index (χ3n) is 5.07. The van der Waals surface area contributed by atoms with Gasteiger partial charge in [0, 0.05) is 22.8 Å². The summed E-state index contributed by atoms with van der Waals surface area (Å²) in [4.78, 5) is 26.7. The zero-order chi connectivity index (χ0) is 23.7. The Morgan fingerprint density at radius 2 is 1.39 bits per heavy atom. The largest absolute Gasteiger partial charge is 0.393 e. The van der Waals surface area contributed by atoms with E-state index in [1.165, 1.54) is 0 Å². The van der Waals surface area contributed by atoms with Crippen molar-refractivity contribution in [3.63, 3.8) is 0 Å².